The third-order valence-corrected chi connectivity index (χ3v) is 4.17. The zero-order chi connectivity index (χ0) is 20.3. The Hall–Kier alpha value is -2.13. The SMILES string of the molecule is CC=CC=CCN(C(C)c1ccccc1)[C@@H](C=CC)CC(=O)OC(C)(C)C. The van der Waals surface area contributed by atoms with Crippen LogP contribution in [0.5, 0.6) is 0 Å². The number of esters is 1. The second-order valence-corrected chi connectivity index (χ2v) is 7.62. The molecule has 1 rings (SSSR count). The van der Waals surface area contributed by atoms with Crippen molar-refractivity contribution in [2.24, 2.45) is 0 Å². The van der Waals surface area contributed by atoms with Crippen LogP contribution in [0.4, 0.5) is 0 Å². The van der Waals surface area contributed by atoms with Crippen molar-refractivity contribution in [3.05, 3.63) is 72.4 Å². The van der Waals surface area contributed by atoms with Gasteiger partial charge in [0.25, 0.3) is 0 Å². The van der Waals surface area contributed by atoms with Crippen molar-refractivity contribution in [3.63, 3.8) is 0 Å². The van der Waals surface area contributed by atoms with Crippen LogP contribution >= 0.6 is 0 Å². The van der Waals surface area contributed by atoms with Gasteiger partial charge in [0.05, 0.1) is 6.42 Å². The predicted octanol–water partition coefficient (Wildman–Crippen LogP) is 5.86. The molecular weight excluding hydrogens is 334 g/mol. The van der Waals surface area contributed by atoms with Gasteiger partial charge in [0, 0.05) is 18.6 Å². The fourth-order valence-corrected chi connectivity index (χ4v) is 2.95. The highest BCUT2D eigenvalue weighted by Gasteiger charge is 2.26. The minimum atomic E-state index is -0.473. The van der Waals surface area contributed by atoms with Gasteiger partial charge in [0.1, 0.15) is 5.60 Å². The predicted molar refractivity (Wildman–Crippen MR) is 115 cm³/mol. The summed E-state index contributed by atoms with van der Waals surface area (Å²) in [5.41, 5.74) is 0.759. The van der Waals surface area contributed by atoms with Crippen LogP contribution in [0.25, 0.3) is 0 Å². The van der Waals surface area contributed by atoms with Gasteiger partial charge in [-0.05, 0) is 47.1 Å². The Balaban J connectivity index is 3.08. The number of nitrogens with zero attached hydrogens (tertiary/aromatic N) is 1. The average Bonchev–Trinajstić information content (AvgIpc) is 2.60. The fraction of sp³-hybridized carbons (Fsp3) is 0.458. The van der Waals surface area contributed by atoms with Gasteiger partial charge in [0.2, 0.25) is 0 Å². The van der Waals surface area contributed by atoms with E-state index in [1.54, 1.807) is 0 Å². The molecule has 0 fully saturated rings. The van der Waals surface area contributed by atoms with Crippen LogP contribution in [0.1, 0.15) is 59.6 Å². The molecule has 3 heteroatoms. The summed E-state index contributed by atoms with van der Waals surface area (Å²) in [5.74, 6) is -0.173. The monoisotopic (exact) mass is 369 g/mol. The lowest BCUT2D eigenvalue weighted by Gasteiger charge is -2.34. The van der Waals surface area contributed by atoms with E-state index in [9.17, 15) is 4.79 Å². The molecule has 1 aromatic carbocycles. The molecule has 0 heterocycles. The molecule has 0 aromatic heterocycles. The van der Waals surface area contributed by atoms with Gasteiger partial charge in [-0.25, -0.2) is 0 Å². The van der Waals surface area contributed by atoms with E-state index >= 15 is 0 Å². The highest BCUT2D eigenvalue weighted by atomic mass is 16.6. The highest BCUT2D eigenvalue weighted by Crippen LogP contribution is 2.25. The minimum absolute atomic E-state index is 0.0321. The summed E-state index contributed by atoms with van der Waals surface area (Å²) in [6, 6.07) is 10.5. The molecule has 0 spiro atoms. The van der Waals surface area contributed by atoms with Gasteiger partial charge in [0.15, 0.2) is 0 Å². The van der Waals surface area contributed by atoms with Crippen LogP contribution in [0.3, 0.4) is 0 Å². The summed E-state index contributed by atoms with van der Waals surface area (Å²) in [6.45, 7) is 12.6. The Kier molecular flexibility index (Phi) is 9.81. The number of benzene rings is 1. The lowest BCUT2D eigenvalue weighted by molar-refractivity contribution is -0.156. The van der Waals surface area contributed by atoms with Crippen LogP contribution in [-0.4, -0.2) is 29.1 Å². The maximum absolute atomic E-state index is 12.5. The van der Waals surface area contributed by atoms with Crippen molar-refractivity contribution in [2.45, 2.75) is 65.6 Å². The molecule has 0 amide bonds. The Morgan fingerprint density at radius 2 is 1.78 bits per heavy atom. The van der Waals surface area contributed by atoms with Crippen LogP contribution < -0.4 is 0 Å². The van der Waals surface area contributed by atoms with E-state index in [0.717, 1.165) is 6.54 Å². The summed E-state index contributed by atoms with van der Waals surface area (Å²) >= 11 is 0. The van der Waals surface area contributed by atoms with E-state index in [0.29, 0.717) is 6.42 Å². The number of carbonyl (C=O) groups excluding carboxylic acids is 1. The molecule has 27 heavy (non-hydrogen) atoms. The topological polar surface area (TPSA) is 29.5 Å². The smallest absolute Gasteiger partial charge is 0.308 e. The second kappa shape index (κ2) is 11.6. The van der Waals surface area contributed by atoms with E-state index in [2.05, 4.69) is 48.2 Å². The zero-order valence-corrected chi connectivity index (χ0v) is 17.7. The Bertz CT molecular complexity index is 638. The molecule has 148 valence electrons. The Morgan fingerprint density at radius 3 is 2.33 bits per heavy atom. The molecule has 2 atom stereocenters. The van der Waals surface area contributed by atoms with Gasteiger partial charge in [-0.2, -0.15) is 0 Å². The summed E-state index contributed by atoms with van der Waals surface area (Å²) in [7, 11) is 0. The molecule has 1 aromatic rings. The van der Waals surface area contributed by atoms with Crippen molar-refractivity contribution < 1.29 is 9.53 Å². The molecule has 0 aliphatic heterocycles. The summed E-state index contributed by atoms with van der Waals surface area (Å²) in [6.07, 6.45) is 12.6. The van der Waals surface area contributed by atoms with E-state index in [4.69, 9.17) is 4.74 Å². The van der Waals surface area contributed by atoms with Crippen LogP contribution in [0, 0.1) is 0 Å². The molecule has 0 bridgehead atoms. The Labute approximate surface area is 165 Å². The molecule has 0 saturated heterocycles. The first-order valence-electron chi connectivity index (χ1n) is 9.71. The molecule has 0 N–H and O–H groups in total. The van der Waals surface area contributed by atoms with Crippen LogP contribution in [0.15, 0.2) is 66.8 Å². The first-order chi connectivity index (χ1) is 12.8. The lowest BCUT2D eigenvalue weighted by Crippen LogP contribution is -2.39. The van der Waals surface area contributed by atoms with Crippen molar-refractivity contribution >= 4 is 5.97 Å². The van der Waals surface area contributed by atoms with E-state index in [1.165, 1.54) is 5.56 Å². The van der Waals surface area contributed by atoms with Crippen LogP contribution in [-0.2, 0) is 9.53 Å². The van der Waals surface area contributed by atoms with Crippen molar-refractivity contribution in [2.75, 3.05) is 6.54 Å². The summed E-state index contributed by atoms with van der Waals surface area (Å²) in [5, 5.41) is 0. The number of carbonyl (C=O) groups is 1. The molecule has 1 unspecified atom stereocenters. The van der Waals surface area contributed by atoms with Crippen LogP contribution in [0.2, 0.25) is 0 Å². The van der Waals surface area contributed by atoms with E-state index < -0.39 is 5.60 Å². The first kappa shape index (κ1) is 22.9. The molecule has 0 aliphatic carbocycles. The minimum Gasteiger partial charge on any atom is -0.460 e. The number of allylic oxidation sites excluding steroid dienone is 4. The molecule has 3 nitrogen and oxygen atoms in total. The van der Waals surface area contributed by atoms with Crippen molar-refractivity contribution in [1.29, 1.82) is 0 Å². The van der Waals surface area contributed by atoms with E-state index in [-0.39, 0.29) is 18.1 Å². The fourth-order valence-electron chi connectivity index (χ4n) is 2.95. The van der Waals surface area contributed by atoms with Gasteiger partial charge >= 0.3 is 5.97 Å². The van der Waals surface area contributed by atoms with Gasteiger partial charge < -0.3 is 4.74 Å². The maximum Gasteiger partial charge on any atom is 0.308 e. The Morgan fingerprint density at radius 1 is 1.11 bits per heavy atom. The summed E-state index contributed by atoms with van der Waals surface area (Å²) < 4.78 is 5.56. The summed E-state index contributed by atoms with van der Waals surface area (Å²) in [4.78, 5) is 14.8. The number of hydrogen-bond donors (Lipinski definition) is 0. The normalized spacial score (nSPS) is 15.1. The van der Waals surface area contributed by atoms with Crippen molar-refractivity contribution in [1.82, 2.24) is 4.90 Å². The lowest BCUT2D eigenvalue weighted by atomic mass is 10.0. The molecule has 0 aliphatic rings. The van der Waals surface area contributed by atoms with Gasteiger partial charge in [-0.3, -0.25) is 9.69 Å². The quantitative estimate of drug-likeness (QED) is 0.310. The number of rotatable bonds is 9. The largest absolute Gasteiger partial charge is 0.460 e. The standard InChI is InChI=1S/C24H35NO2/c1-7-9-10-14-18-25(20(3)21-16-12-11-13-17-21)22(15-8-2)19-23(26)27-24(4,5)6/h7-17,20,22H,18-19H2,1-6H3/t20?,22-/m0/s1. The van der Waals surface area contributed by atoms with Gasteiger partial charge in [-0.1, -0.05) is 66.8 Å². The third-order valence-electron chi connectivity index (χ3n) is 4.17. The number of hydrogen-bond acceptors (Lipinski definition) is 3. The van der Waals surface area contributed by atoms with Gasteiger partial charge in [-0.15, -0.1) is 0 Å². The first-order valence-corrected chi connectivity index (χ1v) is 9.71. The second-order valence-electron chi connectivity index (χ2n) is 7.62. The third kappa shape index (κ3) is 8.87. The number of ether oxygens (including phenoxy) is 1. The molecule has 0 radical (unpaired) electrons. The van der Waals surface area contributed by atoms with E-state index in [1.807, 2.05) is 65.0 Å². The van der Waals surface area contributed by atoms with Crippen molar-refractivity contribution in [3.8, 4) is 0 Å². The molecule has 0 saturated carbocycles. The maximum atomic E-state index is 12.5. The molecular formula is C24H35NO2. The average molecular weight is 370 g/mol. The zero-order valence-electron chi connectivity index (χ0n) is 17.7. The highest BCUT2D eigenvalue weighted by molar-refractivity contribution is 5.71.